The fraction of sp³-hybridized carbons (Fsp3) is 0.0286. The van der Waals surface area contributed by atoms with Gasteiger partial charge in [-0.05, 0) is 90.7 Å². The first-order valence-corrected chi connectivity index (χ1v) is 13.2. The van der Waals surface area contributed by atoms with Gasteiger partial charge in [-0.15, -0.1) is 0 Å². The minimum absolute atomic E-state index is 0.242. The fourth-order valence-corrected chi connectivity index (χ4v) is 7.01. The molecule has 8 rings (SSSR count). The molecule has 0 aliphatic heterocycles. The first kappa shape index (κ1) is 20.3. The Hall–Kier alpha value is -3.94. The monoisotopic (exact) mass is 520 g/mol. The van der Waals surface area contributed by atoms with Crippen LogP contribution < -0.4 is 0 Å². The Morgan fingerprint density at radius 2 is 0.972 bits per heavy atom. The highest BCUT2D eigenvalue weighted by atomic mass is 79.9. The lowest BCUT2D eigenvalue weighted by molar-refractivity contribution is 0.745. The third kappa shape index (κ3) is 2.54. The van der Waals surface area contributed by atoms with Crippen LogP contribution in [-0.2, 0) is 5.41 Å². The summed E-state index contributed by atoms with van der Waals surface area (Å²) in [5, 5.41) is 2.74. The summed E-state index contributed by atoms with van der Waals surface area (Å²) in [7, 11) is 0. The number of rotatable bonds is 2. The van der Waals surface area contributed by atoms with Crippen molar-refractivity contribution in [1.29, 1.82) is 0 Å². The largest absolute Gasteiger partial charge is 0.0726 e. The van der Waals surface area contributed by atoms with E-state index < -0.39 is 0 Å². The summed E-state index contributed by atoms with van der Waals surface area (Å²) in [6, 6.07) is 47.1. The molecule has 0 unspecified atom stereocenters. The molecule has 2 aliphatic carbocycles. The van der Waals surface area contributed by atoms with Crippen molar-refractivity contribution in [2.24, 2.45) is 0 Å². The zero-order chi connectivity index (χ0) is 23.9. The van der Waals surface area contributed by atoms with Crippen LogP contribution in [0.5, 0.6) is 0 Å². The summed E-state index contributed by atoms with van der Waals surface area (Å²) in [6.07, 6.45) is 0. The minimum atomic E-state index is -0.242. The van der Waals surface area contributed by atoms with Crippen LogP contribution in [0.2, 0.25) is 0 Å². The number of halogens is 1. The van der Waals surface area contributed by atoms with Crippen molar-refractivity contribution in [2.45, 2.75) is 5.41 Å². The van der Waals surface area contributed by atoms with Gasteiger partial charge in [0.2, 0.25) is 0 Å². The Labute approximate surface area is 219 Å². The first-order valence-electron chi connectivity index (χ1n) is 12.4. The van der Waals surface area contributed by atoms with Gasteiger partial charge in [0, 0.05) is 4.47 Å². The molecule has 2 aliphatic rings. The second kappa shape index (κ2) is 7.29. The van der Waals surface area contributed by atoms with Crippen molar-refractivity contribution in [1.82, 2.24) is 0 Å². The molecule has 36 heavy (non-hydrogen) atoms. The van der Waals surface area contributed by atoms with E-state index in [1.54, 1.807) is 0 Å². The topological polar surface area (TPSA) is 0 Å². The van der Waals surface area contributed by atoms with Crippen LogP contribution in [0.15, 0.2) is 132 Å². The predicted octanol–water partition coefficient (Wildman–Crippen LogP) is 9.61. The van der Waals surface area contributed by atoms with Gasteiger partial charge in [0.15, 0.2) is 0 Å². The van der Waals surface area contributed by atoms with E-state index in [0.717, 1.165) is 4.47 Å². The molecular weight excluding hydrogens is 500 g/mol. The van der Waals surface area contributed by atoms with E-state index in [2.05, 4.69) is 143 Å². The van der Waals surface area contributed by atoms with Crippen LogP contribution in [0, 0.1) is 0 Å². The Bertz CT molecular complexity index is 1810. The van der Waals surface area contributed by atoms with Gasteiger partial charge in [-0.2, -0.15) is 0 Å². The van der Waals surface area contributed by atoms with E-state index in [9.17, 15) is 0 Å². The molecule has 6 aromatic carbocycles. The van der Waals surface area contributed by atoms with E-state index >= 15 is 0 Å². The molecule has 1 spiro atoms. The molecule has 0 amide bonds. The lowest BCUT2D eigenvalue weighted by Gasteiger charge is -2.43. The van der Waals surface area contributed by atoms with Gasteiger partial charge in [-0.25, -0.2) is 0 Å². The summed E-state index contributed by atoms with van der Waals surface area (Å²) in [5.41, 5.74) is 13.1. The molecule has 0 fully saturated rings. The van der Waals surface area contributed by atoms with Gasteiger partial charge in [0.1, 0.15) is 0 Å². The maximum absolute atomic E-state index is 3.66. The average Bonchev–Trinajstić information content (AvgIpc) is 3.24. The fourth-order valence-electron chi connectivity index (χ4n) is 6.61. The quantitative estimate of drug-likeness (QED) is 0.213. The standard InChI is InChI=1S/C35H21Br/c36-27-12-4-11-24(19-27)26-16-18-29-28-17-15-25(22-7-2-1-3-8-22)20-32(28)35(33(29)21-26)30-13-5-9-23-10-6-14-31(35)34(23)30/h1-21H. The summed E-state index contributed by atoms with van der Waals surface area (Å²) in [4.78, 5) is 0. The van der Waals surface area contributed by atoms with Crippen molar-refractivity contribution in [3.05, 3.63) is 154 Å². The van der Waals surface area contributed by atoms with E-state index in [1.165, 1.54) is 66.4 Å². The third-order valence-electron chi connectivity index (χ3n) is 8.12. The summed E-state index contributed by atoms with van der Waals surface area (Å²) >= 11 is 3.66. The average molecular weight is 521 g/mol. The van der Waals surface area contributed by atoms with Crippen LogP contribution in [0.1, 0.15) is 22.3 Å². The van der Waals surface area contributed by atoms with Crippen molar-refractivity contribution in [3.63, 3.8) is 0 Å². The summed E-state index contributed by atoms with van der Waals surface area (Å²) in [5.74, 6) is 0. The van der Waals surface area contributed by atoms with Gasteiger partial charge in [-0.1, -0.05) is 119 Å². The molecule has 0 heterocycles. The molecule has 0 bridgehead atoms. The highest BCUT2D eigenvalue weighted by molar-refractivity contribution is 9.10. The van der Waals surface area contributed by atoms with E-state index in [1.807, 2.05) is 0 Å². The molecule has 0 aromatic heterocycles. The smallest absolute Gasteiger partial charge is 0.0622 e. The van der Waals surface area contributed by atoms with Gasteiger partial charge in [0.05, 0.1) is 5.41 Å². The molecule has 0 N–H and O–H groups in total. The first-order chi connectivity index (χ1) is 17.7. The van der Waals surface area contributed by atoms with Crippen LogP contribution in [0.25, 0.3) is 44.2 Å². The molecule has 0 saturated heterocycles. The molecule has 6 aromatic rings. The lowest BCUT2D eigenvalue weighted by atomic mass is 9.57. The molecule has 0 radical (unpaired) electrons. The number of hydrogen-bond donors (Lipinski definition) is 0. The second-order valence-corrected chi connectivity index (χ2v) is 10.8. The number of benzene rings is 6. The zero-order valence-electron chi connectivity index (χ0n) is 19.5. The van der Waals surface area contributed by atoms with Crippen molar-refractivity contribution in [3.8, 4) is 33.4 Å². The van der Waals surface area contributed by atoms with Crippen molar-refractivity contribution >= 4 is 26.7 Å². The normalized spacial score (nSPS) is 13.9. The van der Waals surface area contributed by atoms with Gasteiger partial charge in [-0.3, -0.25) is 0 Å². The van der Waals surface area contributed by atoms with E-state index in [0.29, 0.717) is 0 Å². The molecular formula is C35H21Br. The van der Waals surface area contributed by atoms with Gasteiger partial charge in [0.25, 0.3) is 0 Å². The van der Waals surface area contributed by atoms with Gasteiger partial charge >= 0.3 is 0 Å². The molecule has 0 atom stereocenters. The maximum atomic E-state index is 3.66. The lowest BCUT2D eigenvalue weighted by Crippen LogP contribution is -2.36. The SMILES string of the molecule is Brc1cccc(-c2ccc3c(c2)C2(c4cc(-c5ccccc5)ccc4-3)c3cccc4cccc2c34)c1. The highest BCUT2D eigenvalue weighted by Crippen LogP contribution is 2.64. The summed E-state index contributed by atoms with van der Waals surface area (Å²) in [6.45, 7) is 0. The highest BCUT2D eigenvalue weighted by Gasteiger charge is 2.53. The van der Waals surface area contributed by atoms with Crippen molar-refractivity contribution < 1.29 is 0 Å². The van der Waals surface area contributed by atoms with Crippen molar-refractivity contribution in [2.75, 3.05) is 0 Å². The number of fused-ring (bicyclic) bond motifs is 7. The van der Waals surface area contributed by atoms with Crippen LogP contribution in [0.3, 0.4) is 0 Å². The third-order valence-corrected chi connectivity index (χ3v) is 8.61. The van der Waals surface area contributed by atoms with E-state index in [-0.39, 0.29) is 5.41 Å². The Morgan fingerprint density at radius 1 is 0.417 bits per heavy atom. The second-order valence-electron chi connectivity index (χ2n) is 9.86. The van der Waals surface area contributed by atoms with Crippen LogP contribution in [0.4, 0.5) is 0 Å². The summed E-state index contributed by atoms with van der Waals surface area (Å²) < 4.78 is 1.10. The van der Waals surface area contributed by atoms with Crippen LogP contribution >= 0.6 is 15.9 Å². The minimum Gasteiger partial charge on any atom is -0.0622 e. The number of hydrogen-bond acceptors (Lipinski definition) is 0. The zero-order valence-corrected chi connectivity index (χ0v) is 21.1. The predicted molar refractivity (Wildman–Crippen MR) is 153 cm³/mol. The Morgan fingerprint density at radius 3 is 1.61 bits per heavy atom. The van der Waals surface area contributed by atoms with E-state index in [4.69, 9.17) is 0 Å². The molecule has 1 heteroatoms. The molecule has 0 saturated carbocycles. The Kier molecular flexibility index (Phi) is 4.10. The maximum Gasteiger partial charge on any atom is 0.0726 e. The van der Waals surface area contributed by atoms with Crippen LogP contribution in [-0.4, -0.2) is 0 Å². The molecule has 168 valence electrons. The van der Waals surface area contributed by atoms with Gasteiger partial charge < -0.3 is 0 Å². The molecule has 0 nitrogen and oxygen atoms in total. The Balaban J connectivity index is 1.44.